The molecule has 130 valence electrons. The molecule has 2 aromatic rings. The van der Waals surface area contributed by atoms with Gasteiger partial charge >= 0.3 is 0 Å². The van der Waals surface area contributed by atoms with Gasteiger partial charge in [-0.3, -0.25) is 14.4 Å². The Morgan fingerprint density at radius 2 is 1.92 bits per heavy atom. The third kappa shape index (κ3) is 2.65. The number of furan rings is 1. The van der Waals surface area contributed by atoms with Gasteiger partial charge in [0.1, 0.15) is 6.04 Å². The molecule has 26 heavy (non-hydrogen) atoms. The van der Waals surface area contributed by atoms with Gasteiger partial charge in [0, 0.05) is 6.04 Å². The van der Waals surface area contributed by atoms with E-state index in [4.69, 9.17) is 9.68 Å². The van der Waals surface area contributed by atoms with E-state index < -0.39 is 11.9 Å². The SMILES string of the molecule is N#Cc1ccc(N2C(=O)CC(N(C(=O)c3ccco3)C3CC3)C2=O)cc1. The molecule has 2 aliphatic rings. The first-order valence-corrected chi connectivity index (χ1v) is 8.33. The van der Waals surface area contributed by atoms with E-state index in [0.29, 0.717) is 11.3 Å². The zero-order chi connectivity index (χ0) is 18.3. The third-order valence-corrected chi connectivity index (χ3v) is 4.62. The number of carbonyl (C=O) groups excluding carboxylic acids is 3. The van der Waals surface area contributed by atoms with Gasteiger partial charge in [0.15, 0.2) is 5.76 Å². The number of hydrogen-bond donors (Lipinski definition) is 0. The minimum absolute atomic E-state index is 0.0461. The summed E-state index contributed by atoms with van der Waals surface area (Å²) in [5, 5.41) is 8.88. The Labute approximate surface area is 149 Å². The Bertz CT molecular complexity index is 907. The van der Waals surface area contributed by atoms with Crippen LogP contribution in [0.2, 0.25) is 0 Å². The lowest BCUT2D eigenvalue weighted by atomic mass is 10.2. The highest BCUT2D eigenvalue weighted by atomic mass is 16.3. The smallest absolute Gasteiger partial charge is 0.290 e. The Morgan fingerprint density at radius 1 is 1.19 bits per heavy atom. The molecule has 1 saturated carbocycles. The lowest BCUT2D eigenvalue weighted by Crippen LogP contribution is -2.46. The van der Waals surface area contributed by atoms with E-state index in [1.54, 1.807) is 36.4 Å². The molecule has 7 nitrogen and oxygen atoms in total. The van der Waals surface area contributed by atoms with Crippen LogP contribution in [0.25, 0.3) is 0 Å². The van der Waals surface area contributed by atoms with Crippen molar-refractivity contribution < 1.29 is 18.8 Å². The van der Waals surface area contributed by atoms with Crippen LogP contribution in [0, 0.1) is 11.3 Å². The van der Waals surface area contributed by atoms with Gasteiger partial charge in [0.2, 0.25) is 5.91 Å². The lowest BCUT2D eigenvalue weighted by molar-refractivity contribution is -0.122. The van der Waals surface area contributed by atoms with Crippen LogP contribution in [0.5, 0.6) is 0 Å². The predicted octanol–water partition coefficient (Wildman–Crippen LogP) is 2.09. The number of imide groups is 1. The summed E-state index contributed by atoms with van der Waals surface area (Å²) >= 11 is 0. The van der Waals surface area contributed by atoms with Crippen molar-refractivity contribution in [2.45, 2.75) is 31.3 Å². The van der Waals surface area contributed by atoms with Crippen LogP contribution in [0.3, 0.4) is 0 Å². The van der Waals surface area contributed by atoms with Crippen molar-refractivity contribution in [1.82, 2.24) is 4.90 Å². The molecule has 1 aliphatic carbocycles. The summed E-state index contributed by atoms with van der Waals surface area (Å²) in [6.07, 6.45) is 2.97. The molecule has 1 aromatic carbocycles. The first-order chi connectivity index (χ1) is 12.6. The van der Waals surface area contributed by atoms with E-state index in [9.17, 15) is 14.4 Å². The number of hydrogen-bond acceptors (Lipinski definition) is 5. The first kappa shape index (κ1) is 16.1. The largest absolute Gasteiger partial charge is 0.459 e. The molecule has 2 heterocycles. The number of amides is 3. The van der Waals surface area contributed by atoms with E-state index in [2.05, 4.69) is 0 Å². The fourth-order valence-electron chi connectivity index (χ4n) is 3.23. The van der Waals surface area contributed by atoms with Gasteiger partial charge in [0.05, 0.1) is 30.0 Å². The summed E-state index contributed by atoms with van der Waals surface area (Å²) in [5.74, 6) is -0.992. The molecule has 1 saturated heterocycles. The van der Waals surface area contributed by atoms with Crippen molar-refractivity contribution in [3.05, 3.63) is 54.0 Å². The van der Waals surface area contributed by atoms with Crippen LogP contribution >= 0.6 is 0 Å². The van der Waals surface area contributed by atoms with Crippen molar-refractivity contribution in [1.29, 1.82) is 5.26 Å². The lowest BCUT2D eigenvalue weighted by Gasteiger charge is -2.26. The van der Waals surface area contributed by atoms with E-state index in [0.717, 1.165) is 17.7 Å². The number of rotatable bonds is 4. The highest BCUT2D eigenvalue weighted by Gasteiger charge is 2.49. The Hall–Kier alpha value is -3.40. The summed E-state index contributed by atoms with van der Waals surface area (Å²) in [6.45, 7) is 0. The van der Waals surface area contributed by atoms with Crippen molar-refractivity contribution in [3.63, 3.8) is 0 Å². The Balaban J connectivity index is 1.62. The Kier molecular flexibility index (Phi) is 3.81. The van der Waals surface area contributed by atoms with Crippen molar-refractivity contribution in [2.24, 2.45) is 0 Å². The van der Waals surface area contributed by atoms with Crippen LogP contribution in [0.1, 0.15) is 35.4 Å². The number of nitrogens with zero attached hydrogens (tertiary/aromatic N) is 3. The van der Waals surface area contributed by atoms with Gasteiger partial charge < -0.3 is 9.32 Å². The fraction of sp³-hybridized carbons (Fsp3) is 0.263. The molecule has 4 rings (SSSR count). The predicted molar refractivity (Wildman–Crippen MR) is 90.0 cm³/mol. The second kappa shape index (κ2) is 6.15. The summed E-state index contributed by atoms with van der Waals surface area (Å²) in [6, 6.07) is 10.5. The van der Waals surface area contributed by atoms with Gasteiger partial charge in [-0.1, -0.05) is 0 Å². The fourth-order valence-corrected chi connectivity index (χ4v) is 3.23. The maximum Gasteiger partial charge on any atom is 0.290 e. The van der Waals surface area contributed by atoms with Crippen LogP contribution in [0.4, 0.5) is 5.69 Å². The summed E-state index contributed by atoms with van der Waals surface area (Å²) in [7, 11) is 0. The number of carbonyl (C=O) groups is 3. The van der Waals surface area contributed by atoms with Crippen molar-refractivity contribution in [2.75, 3.05) is 4.90 Å². The second-order valence-corrected chi connectivity index (χ2v) is 6.37. The van der Waals surface area contributed by atoms with Gasteiger partial charge in [0.25, 0.3) is 11.8 Å². The number of benzene rings is 1. The van der Waals surface area contributed by atoms with E-state index in [-0.39, 0.29) is 30.0 Å². The van der Waals surface area contributed by atoms with Gasteiger partial charge in [-0.05, 0) is 49.2 Å². The summed E-state index contributed by atoms with van der Waals surface area (Å²) in [5.41, 5.74) is 0.847. The van der Waals surface area contributed by atoms with Crippen LogP contribution in [0.15, 0.2) is 47.1 Å². The molecule has 0 N–H and O–H groups in total. The minimum atomic E-state index is -0.830. The quantitative estimate of drug-likeness (QED) is 0.788. The van der Waals surface area contributed by atoms with E-state index >= 15 is 0 Å². The highest BCUT2D eigenvalue weighted by molar-refractivity contribution is 6.23. The maximum atomic E-state index is 12.9. The first-order valence-electron chi connectivity index (χ1n) is 8.33. The van der Waals surface area contributed by atoms with E-state index in [1.807, 2.05) is 6.07 Å². The normalized spacial score (nSPS) is 19.5. The van der Waals surface area contributed by atoms with Crippen LogP contribution in [-0.4, -0.2) is 34.7 Å². The molecule has 1 aliphatic heterocycles. The molecule has 0 radical (unpaired) electrons. The van der Waals surface area contributed by atoms with Crippen molar-refractivity contribution in [3.8, 4) is 6.07 Å². The van der Waals surface area contributed by atoms with Crippen molar-refractivity contribution >= 4 is 23.4 Å². The average Bonchev–Trinajstić information content (AvgIpc) is 3.23. The summed E-state index contributed by atoms with van der Waals surface area (Å²) in [4.78, 5) is 40.8. The van der Waals surface area contributed by atoms with E-state index in [1.165, 1.54) is 11.2 Å². The number of anilines is 1. The molecular formula is C19H15N3O4. The van der Waals surface area contributed by atoms with Gasteiger partial charge in [-0.2, -0.15) is 5.26 Å². The molecule has 1 aromatic heterocycles. The summed E-state index contributed by atoms with van der Waals surface area (Å²) < 4.78 is 5.18. The average molecular weight is 349 g/mol. The molecular weight excluding hydrogens is 334 g/mol. The molecule has 0 bridgehead atoms. The molecule has 1 unspecified atom stereocenters. The molecule has 3 amide bonds. The second-order valence-electron chi connectivity index (χ2n) is 6.37. The molecule has 2 fully saturated rings. The van der Waals surface area contributed by atoms with Gasteiger partial charge in [-0.15, -0.1) is 0 Å². The topological polar surface area (TPSA) is 94.6 Å². The highest BCUT2D eigenvalue weighted by Crippen LogP contribution is 2.35. The zero-order valence-corrected chi connectivity index (χ0v) is 13.8. The number of nitriles is 1. The maximum absolute atomic E-state index is 12.9. The van der Waals surface area contributed by atoms with Crippen LogP contribution < -0.4 is 4.90 Å². The monoisotopic (exact) mass is 349 g/mol. The third-order valence-electron chi connectivity index (χ3n) is 4.62. The molecule has 1 atom stereocenters. The Morgan fingerprint density at radius 3 is 2.50 bits per heavy atom. The van der Waals surface area contributed by atoms with Crippen LogP contribution in [-0.2, 0) is 9.59 Å². The van der Waals surface area contributed by atoms with Gasteiger partial charge in [-0.25, -0.2) is 4.90 Å². The zero-order valence-electron chi connectivity index (χ0n) is 13.8. The molecule has 7 heteroatoms. The standard InChI is InChI=1S/C19H15N3O4/c20-11-12-3-5-14(6-4-12)22-17(23)10-15(18(22)24)21(13-7-8-13)19(25)16-2-1-9-26-16/h1-6,9,13,15H,7-8,10H2. The molecule has 0 spiro atoms. The minimum Gasteiger partial charge on any atom is -0.459 e.